The minimum Gasteiger partial charge on any atom is -0.474 e. The Balaban J connectivity index is 2.90. The zero-order valence-corrected chi connectivity index (χ0v) is 10.2. The van der Waals surface area contributed by atoms with Crippen LogP contribution in [0.3, 0.4) is 0 Å². The van der Waals surface area contributed by atoms with Crippen molar-refractivity contribution in [2.45, 2.75) is 6.61 Å². The molecule has 9 nitrogen and oxygen atoms in total. The summed E-state index contributed by atoms with van der Waals surface area (Å²) in [7, 11) is 0. The van der Waals surface area contributed by atoms with Gasteiger partial charge < -0.3 is 27.0 Å². The van der Waals surface area contributed by atoms with Crippen LogP contribution in [0, 0.1) is 11.2 Å². The van der Waals surface area contributed by atoms with Gasteiger partial charge in [0.15, 0.2) is 5.88 Å². The quantitative estimate of drug-likeness (QED) is 0.209. The van der Waals surface area contributed by atoms with Gasteiger partial charge in [-0.3, -0.25) is 4.98 Å². The first-order chi connectivity index (χ1) is 9.58. The number of hydrogen-bond donors (Lipinski definition) is 4. The zero-order valence-electron chi connectivity index (χ0n) is 10.2. The molecule has 0 aromatic carbocycles. The van der Waals surface area contributed by atoms with Gasteiger partial charge in [-0.1, -0.05) is 10.3 Å². The lowest BCUT2D eigenvalue weighted by molar-refractivity contribution is 0.193. The molecule has 10 heteroatoms. The second-order valence-electron chi connectivity index (χ2n) is 3.32. The van der Waals surface area contributed by atoms with Crippen LogP contribution in [0.2, 0.25) is 0 Å². The number of rotatable bonds is 5. The maximum absolute atomic E-state index is 13.6. The molecule has 2 amide bonds. The van der Waals surface area contributed by atoms with E-state index in [2.05, 4.69) is 20.6 Å². The van der Waals surface area contributed by atoms with Gasteiger partial charge in [-0.15, -0.1) is 0 Å². The number of aromatic nitrogens is 1. The monoisotopic (exact) mass is 281 g/mol. The number of nitrogens with two attached hydrogens (primary N) is 2. The highest BCUT2D eigenvalue weighted by molar-refractivity contribution is 5.90. The second kappa shape index (κ2) is 7.41. The maximum Gasteiger partial charge on any atom is 0.365 e. The molecule has 0 saturated heterocycles. The van der Waals surface area contributed by atoms with Crippen LogP contribution in [0.15, 0.2) is 34.7 Å². The van der Waals surface area contributed by atoms with Gasteiger partial charge >= 0.3 is 6.03 Å². The molecule has 106 valence electrons. The van der Waals surface area contributed by atoms with Gasteiger partial charge in [-0.2, -0.15) is 0 Å². The highest BCUT2D eigenvalue weighted by Crippen LogP contribution is 2.19. The number of nitrogens with zero attached hydrogens (tertiary/aromatic N) is 3. The van der Waals surface area contributed by atoms with E-state index < -0.39 is 11.8 Å². The second-order valence-corrected chi connectivity index (χ2v) is 3.32. The molecule has 0 radical (unpaired) electrons. The lowest BCUT2D eigenvalue weighted by atomic mass is 10.2. The van der Waals surface area contributed by atoms with Crippen molar-refractivity contribution in [2.75, 3.05) is 5.32 Å². The molecule has 6 N–H and O–H groups in total. The first kappa shape index (κ1) is 15.0. The first-order valence-corrected chi connectivity index (χ1v) is 5.21. The van der Waals surface area contributed by atoms with Crippen molar-refractivity contribution < 1.29 is 13.9 Å². The van der Waals surface area contributed by atoms with Crippen LogP contribution in [0.4, 0.5) is 14.9 Å². The number of pyridine rings is 1. The molecule has 0 unspecified atom stereocenters. The van der Waals surface area contributed by atoms with Crippen molar-refractivity contribution in [2.24, 2.45) is 21.9 Å². The number of carbonyl (C=O) groups excluding carboxylic acids is 1. The molecule has 1 aromatic rings. The van der Waals surface area contributed by atoms with E-state index in [9.17, 15) is 9.18 Å². The van der Waals surface area contributed by atoms with Gasteiger partial charge in [0.05, 0.1) is 23.6 Å². The predicted octanol–water partition coefficient (Wildman–Crippen LogP) is 1.04. The lowest BCUT2D eigenvalue weighted by Crippen LogP contribution is -2.12. The Morgan fingerprint density at radius 3 is 3.00 bits per heavy atom. The van der Waals surface area contributed by atoms with E-state index in [1.807, 2.05) is 0 Å². The normalized spacial score (nSPS) is 11.3. The Morgan fingerprint density at radius 2 is 2.35 bits per heavy atom. The summed E-state index contributed by atoms with van der Waals surface area (Å²) in [6, 6.07) is -0.885. The van der Waals surface area contributed by atoms with Gasteiger partial charge in [0.25, 0.3) is 0 Å². The van der Waals surface area contributed by atoms with E-state index in [1.54, 1.807) is 0 Å². The zero-order chi connectivity index (χ0) is 15.0. The topological polar surface area (TPSA) is 152 Å². The van der Waals surface area contributed by atoms with Gasteiger partial charge in [0.1, 0.15) is 12.4 Å². The number of amides is 2. The Kier molecular flexibility index (Phi) is 5.56. The van der Waals surface area contributed by atoms with Crippen LogP contribution in [-0.4, -0.2) is 17.2 Å². The Hall–Kier alpha value is -3.04. The number of urea groups is 1. The molecule has 1 heterocycles. The van der Waals surface area contributed by atoms with E-state index in [1.165, 1.54) is 12.3 Å². The molecular weight excluding hydrogens is 269 g/mol. The van der Waals surface area contributed by atoms with Gasteiger partial charge in [-0.25, -0.2) is 9.18 Å². The largest absolute Gasteiger partial charge is 0.474 e. The summed E-state index contributed by atoms with van der Waals surface area (Å²) in [5.74, 6) is 3.95. The molecule has 0 bridgehead atoms. The fourth-order valence-corrected chi connectivity index (χ4v) is 1.19. The lowest BCUT2D eigenvalue weighted by Gasteiger charge is -2.11. The van der Waals surface area contributed by atoms with Crippen molar-refractivity contribution in [3.8, 4) is 0 Å². The molecule has 0 aliphatic heterocycles. The number of halogens is 1. The Morgan fingerprint density at radius 1 is 1.60 bits per heavy atom. The number of anilines is 1. The van der Waals surface area contributed by atoms with Crippen LogP contribution in [0.5, 0.6) is 0 Å². The standard InChI is InChI=1S/C10H12FN7O2/c11-7-3-15-4-8(16-10(19)17-18-14)6(7)5-20-9(13)1-2-12/h1-4,12H,5,13H2,(H3,14,16,17,19). The van der Waals surface area contributed by atoms with Crippen LogP contribution >= 0.6 is 0 Å². The summed E-state index contributed by atoms with van der Waals surface area (Å²) >= 11 is 0. The molecule has 0 aliphatic carbocycles. The summed E-state index contributed by atoms with van der Waals surface area (Å²) in [6.07, 6.45) is 4.26. The minimum atomic E-state index is -0.885. The fraction of sp³-hybridized carbons (Fsp3) is 0.100. The fourth-order valence-electron chi connectivity index (χ4n) is 1.19. The molecule has 1 aromatic heterocycles. The SMILES string of the molecule is N=CC=C(N)OCc1c(F)cncc1NC(=O)N=NN. The average molecular weight is 281 g/mol. The maximum atomic E-state index is 13.6. The van der Waals surface area contributed by atoms with Crippen molar-refractivity contribution in [3.63, 3.8) is 0 Å². The average Bonchev–Trinajstić information content (AvgIpc) is 2.38. The number of ether oxygens (including phenoxy) is 1. The molecule has 1 rings (SSSR count). The number of allylic oxidation sites excluding steroid dienone is 1. The van der Waals surface area contributed by atoms with Crippen molar-refractivity contribution >= 4 is 17.9 Å². The van der Waals surface area contributed by atoms with Crippen molar-refractivity contribution in [3.05, 3.63) is 35.7 Å². The first-order valence-electron chi connectivity index (χ1n) is 5.21. The number of carbonyl (C=O) groups is 1. The number of nitrogens with one attached hydrogen (secondary N) is 2. The van der Waals surface area contributed by atoms with Crippen LogP contribution in [0.1, 0.15) is 5.56 Å². The van der Waals surface area contributed by atoms with Crippen LogP contribution < -0.4 is 16.9 Å². The van der Waals surface area contributed by atoms with Gasteiger partial charge in [0.2, 0.25) is 0 Å². The molecule has 0 fully saturated rings. The summed E-state index contributed by atoms with van der Waals surface area (Å²) in [5.41, 5.74) is 5.46. The van der Waals surface area contributed by atoms with E-state index in [0.717, 1.165) is 12.4 Å². The predicted molar refractivity (Wildman–Crippen MR) is 68.1 cm³/mol. The molecule has 0 spiro atoms. The Labute approximate surface area is 113 Å². The summed E-state index contributed by atoms with van der Waals surface area (Å²) in [6.45, 7) is -0.264. The summed E-state index contributed by atoms with van der Waals surface area (Å²) in [4.78, 5) is 14.8. The minimum absolute atomic E-state index is 0.0157. The van der Waals surface area contributed by atoms with Crippen molar-refractivity contribution in [1.82, 2.24) is 4.98 Å². The third-order valence-corrected chi connectivity index (χ3v) is 2.03. The Bertz CT molecular complexity index is 559. The summed E-state index contributed by atoms with van der Waals surface area (Å²) in [5, 5.41) is 14.9. The van der Waals surface area contributed by atoms with Crippen LogP contribution in [-0.2, 0) is 11.3 Å². The third-order valence-electron chi connectivity index (χ3n) is 2.03. The molecule has 20 heavy (non-hydrogen) atoms. The van der Waals surface area contributed by atoms with E-state index in [4.69, 9.17) is 21.7 Å². The molecule has 0 saturated carbocycles. The smallest absolute Gasteiger partial charge is 0.365 e. The number of hydrogen-bond acceptors (Lipinski definition) is 6. The molecule has 0 atom stereocenters. The van der Waals surface area contributed by atoms with Gasteiger partial charge in [0, 0.05) is 12.3 Å². The third kappa shape index (κ3) is 4.33. The molecule has 0 aliphatic rings. The van der Waals surface area contributed by atoms with Crippen molar-refractivity contribution in [1.29, 1.82) is 5.41 Å². The van der Waals surface area contributed by atoms with E-state index >= 15 is 0 Å². The van der Waals surface area contributed by atoms with Crippen LogP contribution in [0.25, 0.3) is 0 Å². The molecular formula is C10H12FN7O2. The van der Waals surface area contributed by atoms with E-state index in [-0.39, 0.29) is 23.7 Å². The highest BCUT2D eigenvalue weighted by atomic mass is 19.1. The van der Waals surface area contributed by atoms with E-state index in [0.29, 0.717) is 0 Å². The highest BCUT2D eigenvalue weighted by Gasteiger charge is 2.12. The van der Waals surface area contributed by atoms with Gasteiger partial charge in [-0.05, 0) is 0 Å². The summed E-state index contributed by atoms with van der Waals surface area (Å²) < 4.78 is 18.7.